The van der Waals surface area contributed by atoms with Crippen LogP contribution < -0.4 is 5.73 Å². The van der Waals surface area contributed by atoms with Gasteiger partial charge in [0.2, 0.25) is 0 Å². The highest BCUT2D eigenvalue weighted by atomic mass is 35.5. The minimum absolute atomic E-state index is 0.180. The molecule has 1 aromatic carbocycles. The average molecular weight is 240 g/mol. The number of nitrogens with two attached hydrogens (primary N) is 1. The van der Waals surface area contributed by atoms with Gasteiger partial charge in [0.15, 0.2) is 0 Å². The van der Waals surface area contributed by atoms with Crippen molar-refractivity contribution >= 4 is 17.4 Å². The summed E-state index contributed by atoms with van der Waals surface area (Å²) in [7, 11) is 0. The molecule has 2 N–H and O–H groups in total. The molecule has 0 radical (unpaired) electrons. The Kier molecular flexibility index (Phi) is 4.51. The number of carbonyl (C=O) groups excluding carboxylic acids is 1. The van der Waals surface area contributed by atoms with Gasteiger partial charge in [-0.1, -0.05) is 37.6 Å². The molecule has 3 heteroatoms. The van der Waals surface area contributed by atoms with Crippen LogP contribution in [0.3, 0.4) is 0 Å². The first kappa shape index (κ1) is 13.2. The van der Waals surface area contributed by atoms with E-state index in [1.165, 1.54) is 0 Å². The summed E-state index contributed by atoms with van der Waals surface area (Å²) in [6, 6.07) is 7.40. The smallest absolute Gasteiger partial charge is 0.144 e. The first-order valence-corrected chi connectivity index (χ1v) is 5.87. The molecule has 2 nitrogen and oxygen atoms in total. The standard InChI is InChI=1S/C13H18ClNO/c1-3-13(2,9-15)12(16)8-10-5-4-6-11(14)7-10/h4-7H,3,8-9,15H2,1-2H3. The lowest BCUT2D eigenvalue weighted by molar-refractivity contribution is -0.126. The number of halogens is 1. The van der Waals surface area contributed by atoms with Gasteiger partial charge in [0.25, 0.3) is 0 Å². The second-order valence-corrected chi connectivity index (χ2v) is 4.78. The highest BCUT2D eigenvalue weighted by Crippen LogP contribution is 2.23. The molecule has 0 heterocycles. The van der Waals surface area contributed by atoms with Crippen LogP contribution in [0.4, 0.5) is 0 Å². The van der Waals surface area contributed by atoms with Crippen molar-refractivity contribution in [3.8, 4) is 0 Å². The van der Waals surface area contributed by atoms with Crippen molar-refractivity contribution in [1.29, 1.82) is 0 Å². The van der Waals surface area contributed by atoms with Gasteiger partial charge in [-0.2, -0.15) is 0 Å². The van der Waals surface area contributed by atoms with Gasteiger partial charge in [-0.25, -0.2) is 0 Å². The van der Waals surface area contributed by atoms with E-state index in [-0.39, 0.29) is 5.78 Å². The number of Topliss-reactive ketones (excluding diaryl/α,β-unsaturated/α-hetero) is 1. The number of carbonyl (C=O) groups is 1. The molecule has 0 aliphatic carbocycles. The number of hydrogen-bond donors (Lipinski definition) is 1. The van der Waals surface area contributed by atoms with Gasteiger partial charge in [0, 0.05) is 23.4 Å². The van der Waals surface area contributed by atoms with Crippen molar-refractivity contribution < 1.29 is 4.79 Å². The third-order valence-corrected chi connectivity index (χ3v) is 3.39. The van der Waals surface area contributed by atoms with Crippen molar-refractivity contribution in [1.82, 2.24) is 0 Å². The highest BCUT2D eigenvalue weighted by Gasteiger charge is 2.28. The molecular weight excluding hydrogens is 222 g/mol. The normalized spacial score (nSPS) is 14.5. The highest BCUT2D eigenvalue weighted by molar-refractivity contribution is 6.30. The predicted octanol–water partition coefficient (Wildman–Crippen LogP) is 2.83. The molecule has 0 saturated heterocycles. The molecule has 0 spiro atoms. The van der Waals surface area contributed by atoms with Crippen LogP contribution >= 0.6 is 11.6 Å². The zero-order valence-electron chi connectivity index (χ0n) is 9.79. The second kappa shape index (κ2) is 5.46. The third kappa shape index (κ3) is 3.06. The van der Waals surface area contributed by atoms with E-state index in [0.29, 0.717) is 18.0 Å². The first-order chi connectivity index (χ1) is 7.51. The molecule has 1 atom stereocenters. The van der Waals surface area contributed by atoms with Crippen LogP contribution in [0.5, 0.6) is 0 Å². The maximum absolute atomic E-state index is 12.1. The van der Waals surface area contributed by atoms with Crippen molar-refractivity contribution in [2.24, 2.45) is 11.1 Å². The van der Waals surface area contributed by atoms with Crippen LogP contribution in [0.2, 0.25) is 5.02 Å². The fraction of sp³-hybridized carbons (Fsp3) is 0.462. The molecule has 1 unspecified atom stereocenters. The Morgan fingerprint density at radius 3 is 2.69 bits per heavy atom. The van der Waals surface area contributed by atoms with Gasteiger partial charge in [-0.15, -0.1) is 0 Å². The van der Waals surface area contributed by atoms with E-state index in [0.717, 1.165) is 12.0 Å². The van der Waals surface area contributed by atoms with Gasteiger partial charge in [-0.05, 0) is 24.1 Å². The maximum atomic E-state index is 12.1. The van der Waals surface area contributed by atoms with E-state index in [1.54, 1.807) is 6.07 Å². The van der Waals surface area contributed by atoms with Crippen molar-refractivity contribution in [3.63, 3.8) is 0 Å². The lowest BCUT2D eigenvalue weighted by Crippen LogP contribution is -2.36. The van der Waals surface area contributed by atoms with Crippen LogP contribution in [-0.2, 0) is 11.2 Å². The van der Waals surface area contributed by atoms with Crippen LogP contribution in [0.25, 0.3) is 0 Å². The molecule has 1 aromatic rings. The molecule has 0 aliphatic rings. The summed E-state index contributed by atoms with van der Waals surface area (Å²) < 4.78 is 0. The molecular formula is C13H18ClNO. The molecule has 0 bridgehead atoms. The van der Waals surface area contributed by atoms with Gasteiger partial charge < -0.3 is 5.73 Å². The summed E-state index contributed by atoms with van der Waals surface area (Å²) in [6.07, 6.45) is 1.17. The molecule has 0 aromatic heterocycles. The zero-order chi connectivity index (χ0) is 12.2. The van der Waals surface area contributed by atoms with Crippen molar-refractivity contribution in [2.75, 3.05) is 6.54 Å². The summed E-state index contributed by atoms with van der Waals surface area (Å²) in [5.74, 6) is 0.180. The largest absolute Gasteiger partial charge is 0.329 e. The molecule has 88 valence electrons. The minimum atomic E-state index is -0.414. The van der Waals surface area contributed by atoms with E-state index in [2.05, 4.69) is 0 Å². The van der Waals surface area contributed by atoms with Crippen LogP contribution in [0.1, 0.15) is 25.8 Å². The average Bonchev–Trinajstić information content (AvgIpc) is 2.28. The van der Waals surface area contributed by atoms with Crippen molar-refractivity contribution in [3.05, 3.63) is 34.9 Å². The fourth-order valence-corrected chi connectivity index (χ4v) is 1.71. The summed E-state index contributed by atoms with van der Waals surface area (Å²) in [5.41, 5.74) is 6.19. The molecule has 0 amide bonds. The Balaban J connectivity index is 2.78. The predicted molar refractivity (Wildman–Crippen MR) is 67.6 cm³/mol. The van der Waals surface area contributed by atoms with Crippen LogP contribution in [-0.4, -0.2) is 12.3 Å². The number of rotatable bonds is 5. The Bertz CT molecular complexity index is 372. The SMILES string of the molecule is CCC(C)(CN)C(=O)Cc1cccc(Cl)c1. The lowest BCUT2D eigenvalue weighted by atomic mass is 9.80. The van der Waals surface area contributed by atoms with E-state index in [4.69, 9.17) is 17.3 Å². The van der Waals surface area contributed by atoms with E-state index in [9.17, 15) is 4.79 Å². The number of hydrogen-bond acceptors (Lipinski definition) is 2. The summed E-state index contributed by atoms with van der Waals surface area (Å²) in [6.45, 7) is 4.30. The van der Waals surface area contributed by atoms with Crippen molar-refractivity contribution in [2.45, 2.75) is 26.7 Å². The number of benzene rings is 1. The lowest BCUT2D eigenvalue weighted by Gasteiger charge is -2.24. The molecule has 1 rings (SSSR count). The van der Waals surface area contributed by atoms with E-state index >= 15 is 0 Å². The minimum Gasteiger partial charge on any atom is -0.329 e. The molecule has 0 fully saturated rings. The van der Waals surface area contributed by atoms with Gasteiger partial charge in [0.05, 0.1) is 0 Å². The topological polar surface area (TPSA) is 43.1 Å². The van der Waals surface area contributed by atoms with Gasteiger partial charge >= 0.3 is 0 Å². The zero-order valence-corrected chi connectivity index (χ0v) is 10.6. The molecule has 0 saturated carbocycles. The summed E-state index contributed by atoms with van der Waals surface area (Å²) >= 11 is 5.87. The Morgan fingerprint density at radius 1 is 1.50 bits per heavy atom. The van der Waals surface area contributed by atoms with Gasteiger partial charge in [-0.3, -0.25) is 4.79 Å². The summed E-state index contributed by atoms with van der Waals surface area (Å²) in [4.78, 5) is 12.1. The van der Waals surface area contributed by atoms with Crippen LogP contribution in [0.15, 0.2) is 24.3 Å². The Morgan fingerprint density at radius 2 is 2.19 bits per heavy atom. The number of ketones is 1. The quantitative estimate of drug-likeness (QED) is 0.859. The first-order valence-electron chi connectivity index (χ1n) is 5.49. The van der Waals surface area contributed by atoms with E-state index in [1.807, 2.05) is 32.0 Å². The van der Waals surface area contributed by atoms with Crippen LogP contribution in [0, 0.1) is 5.41 Å². The monoisotopic (exact) mass is 239 g/mol. The molecule has 16 heavy (non-hydrogen) atoms. The van der Waals surface area contributed by atoms with Gasteiger partial charge in [0.1, 0.15) is 5.78 Å². The van der Waals surface area contributed by atoms with E-state index < -0.39 is 5.41 Å². The fourth-order valence-electron chi connectivity index (χ4n) is 1.50. The Hall–Kier alpha value is -0.860. The second-order valence-electron chi connectivity index (χ2n) is 4.35. The molecule has 0 aliphatic heterocycles. The summed E-state index contributed by atoms with van der Waals surface area (Å²) in [5, 5.41) is 0.663. The third-order valence-electron chi connectivity index (χ3n) is 3.16. The maximum Gasteiger partial charge on any atom is 0.144 e. The Labute approximate surface area is 102 Å².